The number of fused-ring (bicyclic) bond motifs is 6. The molecule has 0 aromatic heterocycles. The zero-order valence-electron chi connectivity index (χ0n) is 53.0. The lowest BCUT2D eigenvalue weighted by Gasteiger charge is -2.46. The van der Waals surface area contributed by atoms with Gasteiger partial charge in [0.1, 0.15) is 24.4 Å². The van der Waals surface area contributed by atoms with Crippen LogP contribution in [-0.4, -0.2) is 223 Å². The maximum Gasteiger partial charge on any atom is 0.364 e. The molecule has 0 radical (unpaired) electrons. The van der Waals surface area contributed by atoms with Crippen LogP contribution in [-0.2, 0) is 38.1 Å². The number of aliphatic carboxylic acids is 1. The summed E-state index contributed by atoms with van der Waals surface area (Å²) in [4.78, 5) is 128. The molecule has 2 saturated heterocycles. The third-order valence-corrected chi connectivity index (χ3v) is 19.3. The van der Waals surface area contributed by atoms with Crippen molar-refractivity contribution in [3.8, 4) is 22.3 Å². The first-order chi connectivity index (χ1) is 46.4. The van der Waals surface area contributed by atoms with Crippen LogP contribution in [0.1, 0.15) is 126 Å². The van der Waals surface area contributed by atoms with E-state index in [4.69, 9.17) is 18.9 Å². The zero-order chi connectivity index (χ0) is 69.7. The van der Waals surface area contributed by atoms with Crippen molar-refractivity contribution in [3.63, 3.8) is 0 Å². The molecule has 26 nitrogen and oxygen atoms in total. The first-order valence-electron chi connectivity index (χ1n) is 31.6. The Labute approximate surface area is 565 Å². The van der Waals surface area contributed by atoms with Gasteiger partial charge in [-0.1, -0.05) is 72.8 Å². The lowest BCUT2D eigenvalue weighted by atomic mass is 9.88. The number of benzene rings is 5. The fourth-order valence-electron chi connectivity index (χ4n) is 12.1. The molecule has 0 saturated carbocycles. The summed E-state index contributed by atoms with van der Waals surface area (Å²) in [5, 5.41) is 90.4. The van der Waals surface area contributed by atoms with Crippen molar-refractivity contribution in [3.05, 3.63) is 154 Å². The first kappa shape index (κ1) is 73.2. The number of carbonyl (C=O) groups excluding carboxylic acids is 9. The van der Waals surface area contributed by atoms with E-state index in [0.717, 1.165) is 18.1 Å². The Bertz CT molecular complexity index is 3760. The molecule has 0 unspecified atom stereocenters. The van der Waals surface area contributed by atoms with Crippen LogP contribution >= 0.6 is 23.5 Å². The topological polar surface area (TPSA) is 409 Å². The van der Waals surface area contributed by atoms with E-state index in [9.17, 15) is 83.7 Å². The Balaban J connectivity index is 0.645. The van der Waals surface area contributed by atoms with Crippen LogP contribution in [0.3, 0.4) is 0 Å². The number of aldehydes is 1. The molecular formula is C69H77N5O21S2. The molecule has 12 N–H and O–H groups in total. The van der Waals surface area contributed by atoms with Crippen molar-refractivity contribution in [1.82, 2.24) is 26.6 Å². The summed E-state index contributed by atoms with van der Waals surface area (Å²) in [5.41, 5.74) is 5.47. The minimum Gasteiger partial charge on any atom is -0.477 e. The molecule has 516 valence electrons. The van der Waals surface area contributed by atoms with E-state index in [1.54, 1.807) is 78.9 Å². The van der Waals surface area contributed by atoms with E-state index in [2.05, 4.69) is 26.6 Å². The quantitative estimate of drug-likeness (QED) is 0.0160. The number of nitrogens with one attached hydrogen (secondary N) is 5. The second-order valence-electron chi connectivity index (χ2n) is 23.9. The Morgan fingerprint density at radius 3 is 1.48 bits per heavy atom. The second-order valence-corrected chi connectivity index (χ2v) is 26.4. The second kappa shape index (κ2) is 33.0. The molecule has 5 aromatic carbocycles. The van der Waals surface area contributed by atoms with Gasteiger partial charge in [-0.2, -0.15) is 23.5 Å². The van der Waals surface area contributed by atoms with Gasteiger partial charge >= 0.3 is 5.97 Å². The van der Waals surface area contributed by atoms with Gasteiger partial charge in [-0.25, -0.2) is 4.79 Å². The van der Waals surface area contributed by atoms with Crippen LogP contribution in [0.5, 0.6) is 0 Å². The van der Waals surface area contributed by atoms with Gasteiger partial charge in [0.05, 0.1) is 49.7 Å². The molecule has 2 fully saturated rings. The summed E-state index contributed by atoms with van der Waals surface area (Å²) >= 11 is 2.95. The van der Waals surface area contributed by atoms with Gasteiger partial charge in [-0.15, -0.1) is 0 Å². The van der Waals surface area contributed by atoms with E-state index in [-0.39, 0.29) is 60.6 Å². The molecule has 9 rings (SSSR count). The summed E-state index contributed by atoms with van der Waals surface area (Å²) in [6, 6.07) is 26.8. The van der Waals surface area contributed by atoms with Gasteiger partial charge in [0.2, 0.25) is 17.6 Å². The average Bonchev–Trinajstić information content (AvgIpc) is 1.74. The largest absolute Gasteiger partial charge is 0.477 e. The summed E-state index contributed by atoms with van der Waals surface area (Å²) in [7, 11) is 0. The van der Waals surface area contributed by atoms with Crippen molar-refractivity contribution < 1.29 is 103 Å². The van der Waals surface area contributed by atoms with Gasteiger partial charge in [0, 0.05) is 103 Å². The average molecular weight is 1380 g/mol. The van der Waals surface area contributed by atoms with Gasteiger partial charge in [-0.05, 0) is 95.2 Å². The van der Waals surface area contributed by atoms with Crippen molar-refractivity contribution in [1.29, 1.82) is 0 Å². The van der Waals surface area contributed by atoms with Crippen molar-refractivity contribution in [2.75, 3.05) is 55.9 Å². The highest BCUT2D eigenvalue weighted by atomic mass is 32.2. The minimum atomic E-state index is -2.51. The molecular weight excluding hydrogens is 1300 g/mol. The summed E-state index contributed by atoms with van der Waals surface area (Å²) in [6.07, 6.45) is -13.2. The monoisotopic (exact) mass is 1380 g/mol. The fraction of sp³-hybridized carbons (Fsp3) is 0.420. The predicted octanol–water partition coefficient (Wildman–Crippen LogP) is 2.37. The SMILES string of the molecule is CC(=O)N[C@H]1[C@H]([C@H](O)[C@H](O)CNC(=O)c2ccc3c(c2)C(=O)c2ccccc2-3)O[C@](C=O)(OCCCSCCNC(=O)c2ccc(C(=O)CCCSCCCO[C@]3(C(=O)O)C[C@H](O)[C@@H](NC(C)=O)[C@H]([C@H](O)[C@H](O)CNC(=O)c4ccc5c(c4)C(=O)c4ccccc4-5)O3)cc2)C[C@@H]1O. The van der Waals surface area contributed by atoms with E-state index >= 15 is 0 Å². The Hall–Kier alpha value is -8.10. The third kappa shape index (κ3) is 17.4. The van der Waals surface area contributed by atoms with Gasteiger partial charge in [-0.3, -0.25) is 43.2 Å². The highest BCUT2D eigenvalue weighted by molar-refractivity contribution is 7.99. The first-order valence-corrected chi connectivity index (χ1v) is 33.9. The lowest BCUT2D eigenvalue weighted by molar-refractivity contribution is -0.310. The third-order valence-electron chi connectivity index (χ3n) is 17.0. The molecule has 0 bridgehead atoms. The number of aliphatic hydroxyl groups excluding tert-OH is 6. The normalized spacial score (nSPS) is 22.7. The minimum absolute atomic E-state index is 0.0468. The van der Waals surface area contributed by atoms with E-state index in [1.165, 1.54) is 54.7 Å². The zero-order valence-corrected chi connectivity index (χ0v) is 54.6. The molecule has 28 heteroatoms. The summed E-state index contributed by atoms with van der Waals surface area (Å²) in [6.45, 7) is 1.26. The number of amides is 5. The number of aliphatic hydroxyl groups is 6. The van der Waals surface area contributed by atoms with Crippen molar-refractivity contribution >= 4 is 82.7 Å². The molecule has 0 spiro atoms. The van der Waals surface area contributed by atoms with Crippen LogP contribution in [0.25, 0.3) is 22.3 Å². The highest BCUT2D eigenvalue weighted by Gasteiger charge is 2.56. The standard InChI is InChI=1S/C69H77N5O21S2/c1-37(76)73-56-52(79)32-68(36-75,94-62(56)60(85)54(81)34-71-65(88)41-19-21-45-43-10-3-5-12-47(43)58(83)49(45)30-41)92-24-8-28-97-29-23-70-64(87)40-17-15-39(16-18-40)51(78)14-7-26-96-27-9-25-93-69(67(90)91)33-53(80)57(74-38(2)77)63(95-69)61(86)55(82)35-72-66(89)42-20-22-46-44-11-4-6-13-48(44)59(84)50(46)31-42/h3-6,10-13,15-22,30-31,36,52-57,60-63,79-82,85-86H,7-9,14,23-29,32-35H2,1-2H3,(H,70,87)(H,71,88)(H,72,89)(H,73,76)(H,74,77)(H,90,91)/t52-,53-,54+,55+,56+,57+,60+,61+,62+,63+,68+,69+/m0/s1. The number of rotatable bonds is 33. The van der Waals surface area contributed by atoms with E-state index < -0.39 is 128 Å². The maximum absolute atomic E-state index is 13.2. The van der Waals surface area contributed by atoms with Crippen LogP contribution in [0.2, 0.25) is 0 Å². The number of ether oxygens (including phenoxy) is 4. The Morgan fingerprint density at radius 2 is 0.979 bits per heavy atom. The molecule has 97 heavy (non-hydrogen) atoms. The molecule has 12 atom stereocenters. The van der Waals surface area contributed by atoms with Gasteiger partial charge in [0.15, 0.2) is 23.6 Å². The van der Waals surface area contributed by atoms with E-state index in [1.807, 2.05) is 6.07 Å². The highest BCUT2D eigenvalue weighted by Crippen LogP contribution is 2.39. The van der Waals surface area contributed by atoms with Crippen LogP contribution in [0, 0.1) is 0 Å². The molecule has 5 aromatic rings. The van der Waals surface area contributed by atoms with Crippen LogP contribution in [0.15, 0.2) is 109 Å². The molecule has 4 aliphatic rings. The number of hydrogen-bond acceptors (Lipinski definition) is 22. The summed E-state index contributed by atoms with van der Waals surface area (Å²) < 4.78 is 23.4. The number of ketones is 3. The number of hydrogen-bond donors (Lipinski definition) is 12. The number of carboxylic acid groups (broad SMARTS) is 1. The van der Waals surface area contributed by atoms with Crippen LogP contribution in [0.4, 0.5) is 0 Å². The maximum atomic E-state index is 13.2. The number of carboxylic acids is 1. The Kier molecular flexibility index (Phi) is 24.9. The molecule has 5 amide bonds. The van der Waals surface area contributed by atoms with E-state index in [0.29, 0.717) is 93.1 Å². The van der Waals surface area contributed by atoms with Crippen molar-refractivity contribution in [2.24, 2.45) is 0 Å². The molecule has 2 heterocycles. The summed E-state index contributed by atoms with van der Waals surface area (Å²) in [5.74, 6) is -7.79. The van der Waals surface area contributed by atoms with Crippen molar-refractivity contribution in [2.45, 2.75) is 125 Å². The predicted molar refractivity (Wildman–Crippen MR) is 353 cm³/mol. The molecule has 2 aliphatic heterocycles. The van der Waals surface area contributed by atoms with Gasteiger partial charge in [0.25, 0.3) is 23.5 Å². The van der Waals surface area contributed by atoms with Crippen LogP contribution < -0.4 is 26.6 Å². The lowest BCUT2D eigenvalue weighted by Crippen LogP contribution is -2.68. The van der Waals surface area contributed by atoms with Gasteiger partial charge < -0.3 is 81.3 Å². The number of thioether (sulfide) groups is 2. The number of carbonyl (C=O) groups is 10. The smallest absolute Gasteiger partial charge is 0.364 e. The fourth-order valence-corrected chi connectivity index (χ4v) is 13.7. The number of Topliss-reactive ketones (excluding diaryl/α,β-unsaturated/α-hetero) is 1. The molecule has 2 aliphatic carbocycles. The Morgan fingerprint density at radius 1 is 0.546 bits per heavy atom.